The van der Waals surface area contributed by atoms with E-state index < -0.39 is 0 Å². The number of halogens is 1. The highest BCUT2D eigenvalue weighted by atomic mass is 32.2. The molecule has 0 unspecified atom stereocenters. The molecule has 1 aromatic heterocycles. The van der Waals surface area contributed by atoms with Crippen LogP contribution in [0, 0.1) is 5.82 Å². The van der Waals surface area contributed by atoms with Crippen LogP contribution in [0.25, 0.3) is 5.69 Å². The van der Waals surface area contributed by atoms with Gasteiger partial charge in [-0.3, -0.25) is 4.79 Å². The molecule has 0 aliphatic carbocycles. The number of rotatable bonds is 8. The molecule has 0 aliphatic rings. The van der Waals surface area contributed by atoms with Gasteiger partial charge < -0.3 is 5.32 Å². The van der Waals surface area contributed by atoms with E-state index in [9.17, 15) is 9.18 Å². The van der Waals surface area contributed by atoms with Crippen LogP contribution in [0.4, 0.5) is 4.39 Å². The topological polar surface area (TPSA) is 46.9 Å². The van der Waals surface area contributed by atoms with Gasteiger partial charge in [-0.2, -0.15) is 5.10 Å². The van der Waals surface area contributed by atoms with Crippen molar-refractivity contribution in [1.82, 2.24) is 15.1 Å². The van der Waals surface area contributed by atoms with Gasteiger partial charge in [0, 0.05) is 24.7 Å². The van der Waals surface area contributed by atoms with Gasteiger partial charge in [-0.05, 0) is 47.9 Å². The number of aromatic nitrogens is 2. The monoisotopic (exact) mass is 369 g/mol. The van der Waals surface area contributed by atoms with Crippen molar-refractivity contribution in [3.63, 3.8) is 0 Å². The van der Waals surface area contributed by atoms with Crippen LogP contribution in [0.15, 0.2) is 67.0 Å². The smallest absolute Gasteiger partial charge is 0.230 e. The maximum Gasteiger partial charge on any atom is 0.230 e. The molecule has 0 fully saturated rings. The van der Waals surface area contributed by atoms with Gasteiger partial charge in [0.1, 0.15) is 5.82 Å². The van der Waals surface area contributed by atoms with Crippen molar-refractivity contribution in [2.24, 2.45) is 0 Å². The zero-order chi connectivity index (χ0) is 18.2. The minimum atomic E-state index is -0.244. The Labute approximate surface area is 156 Å². The molecule has 134 valence electrons. The summed E-state index contributed by atoms with van der Waals surface area (Å²) in [5, 5.41) is 7.09. The Morgan fingerprint density at radius 3 is 2.50 bits per heavy atom. The fraction of sp³-hybridized carbons (Fsp3) is 0.200. The van der Waals surface area contributed by atoms with Crippen molar-refractivity contribution in [1.29, 1.82) is 0 Å². The Morgan fingerprint density at radius 1 is 1.08 bits per heavy atom. The van der Waals surface area contributed by atoms with Gasteiger partial charge in [0.2, 0.25) is 5.91 Å². The number of hydrogen-bond donors (Lipinski definition) is 1. The van der Waals surface area contributed by atoms with Gasteiger partial charge in [0.15, 0.2) is 0 Å². The summed E-state index contributed by atoms with van der Waals surface area (Å²) in [6.07, 6.45) is 4.35. The van der Waals surface area contributed by atoms with Crippen LogP contribution in [0.5, 0.6) is 0 Å². The van der Waals surface area contributed by atoms with Crippen molar-refractivity contribution in [2.45, 2.75) is 12.2 Å². The summed E-state index contributed by atoms with van der Waals surface area (Å²) >= 11 is 1.58. The van der Waals surface area contributed by atoms with Gasteiger partial charge >= 0.3 is 0 Å². The first kappa shape index (κ1) is 18.2. The zero-order valence-electron chi connectivity index (χ0n) is 14.3. The van der Waals surface area contributed by atoms with Crippen LogP contribution in [0.1, 0.15) is 11.1 Å². The van der Waals surface area contributed by atoms with Gasteiger partial charge in [-0.15, -0.1) is 11.8 Å². The molecule has 0 saturated heterocycles. The summed E-state index contributed by atoms with van der Waals surface area (Å²) in [7, 11) is 0. The molecule has 0 bridgehead atoms. The molecule has 2 aromatic carbocycles. The lowest BCUT2D eigenvalue weighted by Crippen LogP contribution is -2.27. The van der Waals surface area contributed by atoms with Crippen molar-refractivity contribution in [3.8, 4) is 5.69 Å². The third-order valence-electron chi connectivity index (χ3n) is 3.86. The highest BCUT2D eigenvalue weighted by Crippen LogP contribution is 2.14. The SMILES string of the molecule is O=C(CSCc1ccc(-n2cccn2)cc1)NCCc1ccc(F)cc1. The number of nitrogens with zero attached hydrogens (tertiary/aromatic N) is 2. The quantitative estimate of drug-likeness (QED) is 0.660. The van der Waals surface area contributed by atoms with Crippen LogP contribution in [-0.2, 0) is 17.0 Å². The highest BCUT2D eigenvalue weighted by Gasteiger charge is 2.03. The van der Waals surface area contributed by atoms with E-state index in [1.807, 2.05) is 29.1 Å². The number of thioether (sulfide) groups is 1. The lowest BCUT2D eigenvalue weighted by Gasteiger charge is -2.06. The van der Waals surface area contributed by atoms with E-state index in [0.717, 1.165) is 17.0 Å². The maximum atomic E-state index is 12.8. The molecule has 1 N–H and O–H groups in total. The fourth-order valence-electron chi connectivity index (χ4n) is 2.48. The standard InChI is InChI=1S/C20H20FN3OS/c21-18-6-2-16(3-7-18)10-12-22-20(25)15-26-14-17-4-8-19(9-5-17)24-13-1-11-23-24/h1-9,11,13H,10,12,14-15H2,(H,22,25). The molecule has 1 amide bonds. The van der Waals surface area contributed by atoms with Crippen molar-refractivity contribution < 1.29 is 9.18 Å². The molecule has 26 heavy (non-hydrogen) atoms. The molecule has 3 rings (SSSR count). The first-order valence-electron chi connectivity index (χ1n) is 8.38. The summed E-state index contributed by atoms with van der Waals surface area (Å²) in [4.78, 5) is 11.9. The fourth-order valence-corrected chi connectivity index (χ4v) is 3.29. The molecular weight excluding hydrogens is 349 g/mol. The molecule has 4 nitrogen and oxygen atoms in total. The van der Waals surface area contributed by atoms with E-state index in [0.29, 0.717) is 18.7 Å². The van der Waals surface area contributed by atoms with Crippen molar-refractivity contribution >= 4 is 17.7 Å². The first-order chi connectivity index (χ1) is 12.7. The van der Waals surface area contributed by atoms with Gasteiger partial charge in [-0.25, -0.2) is 9.07 Å². The second kappa shape index (κ2) is 9.20. The van der Waals surface area contributed by atoms with E-state index in [1.54, 1.807) is 30.1 Å². The minimum Gasteiger partial charge on any atom is -0.355 e. The average Bonchev–Trinajstić information content (AvgIpc) is 3.19. The number of benzene rings is 2. The lowest BCUT2D eigenvalue weighted by molar-refractivity contribution is -0.118. The predicted molar refractivity (Wildman–Crippen MR) is 103 cm³/mol. The first-order valence-corrected chi connectivity index (χ1v) is 9.54. The molecular formula is C20H20FN3OS. The zero-order valence-corrected chi connectivity index (χ0v) is 15.1. The molecule has 0 atom stereocenters. The highest BCUT2D eigenvalue weighted by molar-refractivity contribution is 7.99. The number of carbonyl (C=O) groups excluding carboxylic acids is 1. The van der Waals surface area contributed by atoms with E-state index in [2.05, 4.69) is 22.5 Å². The summed E-state index contributed by atoms with van der Waals surface area (Å²) in [5.41, 5.74) is 3.20. The third-order valence-corrected chi connectivity index (χ3v) is 4.86. The Hall–Kier alpha value is -2.60. The lowest BCUT2D eigenvalue weighted by atomic mass is 10.1. The van der Waals surface area contributed by atoms with E-state index in [-0.39, 0.29) is 11.7 Å². The van der Waals surface area contributed by atoms with Crippen molar-refractivity contribution in [3.05, 3.63) is 83.9 Å². The summed E-state index contributed by atoms with van der Waals surface area (Å²) < 4.78 is 14.6. The second-order valence-corrected chi connectivity index (χ2v) is 6.82. The summed E-state index contributed by atoms with van der Waals surface area (Å²) in [6.45, 7) is 0.559. The molecule has 1 heterocycles. The maximum absolute atomic E-state index is 12.8. The molecule has 3 aromatic rings. The largest absolute Gasteiger partial charge is 0.355 e. The van der Waals surface area contributed by atoms with Crippen LogP contribution < -0.4 is 5.32 Å². The number of hydrogen-bond acceptors (Lipinski definition) is 3. The minimum absolute atomic E-state index is 0.0188. The molecule has 0 spiro atoms. The molecule has 6 heteroatoms. The second-order valence-electron chi connectivity index (χ2n) is 5.84. The van der Waals surface area contributed by atoms with Crippen LogP contribution in [0.2, 0.25) is 0 Å². The number of amides is 1. The Balaban J connectivity index is 1.35. The van der Waals surface area contributed by atoms with E-state index in [1.165, 1.54) is 17.7 Å². The predicted octanol–water partition coefficient (Wildman–Crippen LogP) is 3.60. The molecule has 0 saturated carbocycles. The average molecular weight is 369 g/mol. The van der Waals surface area contributed by atoms with Gasteiger partial charge in [-0.1, -0.05) is 24.3 Å². The van der Waals surface area contributed by atoms with Crippen LogP contribution in [0.3, 0.4) is 0 Å². The summed E-state index contributed by atoms with van der Waals surface area (Å²) in [5.74, 6) is 0.979. The molecule has 0 aliphatic heterocycles. The summed E-state index contributed by atoms with van der Waals surface area (Å²) in [6, 6.07) is 16.4. The Kier molecular flexibility index (Phi) is 6.44. The normalized spacial score (nSPS) is 10.7. The van der Waals surface area contributed by atoms with Crippen LogP contribution >= 0.6 is 11.8 Å². The van der Waals surface area contributed by atoms with Gasteiger partial charge in [0.05, 0.1) is 11.4 Å². The van der Waals surface area contributed by atoms with E-state index in [4.69, 9.17) is 0 Å². The van der Waals surface area contributed by atoms with E-state index >= 15 is 0 Å². The number of nitrogens with one attached hydrogen (secondary N) is 1. The third kappa shape index (κ3) is 5.46. The Morgan fingerprint density at radius 2 is 1.81 bits per heavy atom. The number of carbonyl (C=O) groups is 1. The van der Waals surface area contributed by atoms with Gasteiger partial charge in [0.25, 0.3) is 0 Å². The Bertz CT molecular complexity index is 817. The van der Waals surface area contributed by atoms with Crippen LogP contribution in [-0.4, -0.2) is 28.0 Å². The molecule has 0 radical (unpaired) electrons. The van der Waals surface area contributed by atoms with Crippen molar-refractivity contribution in [2.75, 3.05) is 12.3 Å².